The van der Waals surface area contributed by atoms with Crippen molar-refractivity contribution in [2.24, 2.45) is 10.7 Å². The number of rotatable bonds is 5. The highest BCUT2D eigenvalue weighted by Gasteiger charge is 2.15. The number of nitrogens with one attached hydrogen (secondary N) is 1. The van der Waals surface area contributed by atoms with E-state index in [1.807, 2.05) is 30.3 Å². The fourth-order valence-corrected chi connectivity index (χ4v) is 2.34. The highest BCUT2D eigenvalue weighted by Crippen LogP contribution is 2.18. The number of aliphatic imine (C=N–C) groups is 1. The average Bonchev–Trinajstić information content (AvgIpc) is 3.23. The molecule has 1 aromatic heterocycles. The summed E-state index contributed by atoms with van der Waals surface area (Å²) in [6.07, 6.45) is 4.04. The van der Waals surface area contributed by atoms with E-state index < -0.39 is 0 Å². The molecule has 3 N–H and O–H groups in total. The van der Waals surface area contributed by atoms with E-state index in [4.69, 9.17) is 14.9 Å². The summed E-state index contributed by atoms with van der Waals surface area (Å²) < 4.78 is 11.0. The number of oxazole rings is 1. The number of aromatic nitrogens is 1. The molecule has 2 aromatic rings. The molecule has 0 bridgehead atoms. The van der Waals surface area contributed by atoms with E-state index in [1.165, 1.54) is 0 Å². The Morgan fingerprint density at radius 3 is 3.00 bits per heavy atom. The Hall–Kier alpha value is -2.34. The van der Waals surface area contributed by atoms with Gasteiger partial charge in [-0.1, -0.05) is 18.2 Å². The summed E-state index contributed by atoms with van der Waals surface area (Å²) in [5, 5.41) is 3.08. The van der Waals surface area contributed by atoms with E-state index in [-0.39, 0.29) is 6.10 Å². The van der Waals surface area contributed by atoms with Gasteiger partial charge in [0.15, 0.2) is 5.96 Å². The molecule has 1 unspecified atom stereocenters. The first kappa shape index (κ1) is 14.6. The van der Waals surface area contributed by atoms with Crippen molar-refractivity contribution in [3.05, 3.63) is 42.3 Å². The van der Waals surface area contributed by atoms with E-state index in [9.17, 15) is 0 Å². The number of nitrogens with two attached hydrogens (primary N) is 1. The van der Waals surface area contributed by atoms with Gasteiger partial charge in [0, 0.05) is 18.7 Å². The summed E-state index contributed by atoms with van der Waals surface area (Å²) in [5.74, 6) is 0.997. The molecule has 0 aliphatic carbocycles. The second kappa shape index (κ2) is 7.09. The Balaban J connectivity index is 1.52. The van der Waals surface area contributed by atoms with Crippen molar-refractivity contribution in [2.45, 2.75) is 25.5 Å². The van der Waals surface area contributed by atoms with Crippen molar-refractivity contribution in [3.63, 3.8) is 0 Å². The van der Waals surface area contributed by atoms with Gasteiger partial charge in [-0.2, -0.15) is 0 Å². The largest absolute Gasteiger partial charge is 0.444 e. The smallest absolute Gasteiger partial charge is 0.226 e. The Bertz CT molecular complexity index is 618. The zero-order chi connectivity index (χ0) is 15.2. The third-order valence-corrected chi connectivity index (χ3v) is 3.52. The normalized spacial score (nSPS) is 18.5. The van der Waals surface area contributed by atoms with Gasteiger partial charge in [0.25, 0.3) is 0 Å². The molecule has 1 fully saturated rings. The van der Waals surface area contributed by atoms with Gasteiger partial charge in [-0.3, -0.25) is 0 Å². The van der Waals surface area contributed by atoms with Gasteiger partial charge in [0.05, 0.1) is 12.6 Å². The fraction of sp³-hybridized carbons (Fsp3) is 0.375. The lowest BCUT2D eigenvalue weighted by molar-refractivity contribution is 0.114. The topological polar surface area (TPSA) is 85.7 Å². The maximum atomic E-state index is 5.84. The van der Waals surface area contributed by atoms with Crippen molar-refractivity contribution in [1.29, 1.82) is 0 Å². The first-order valence-corrected chi connectivity index (χ1v) is 7.46. The molecule has 6 heteroatoms. The molecule has 6 nitrogen and oxygen atoms in total. The number of nitrogens with zero attached hydrogens (tertiary/aromatic N) is 2. The fourth-order valence-electron chi connectivity index (χ4n) is 2.34. The van der Waals surface area contributed by atoms with Crippen LogP contribution >= 0.6 is 0 Å². The van der Waals surface area contributed by atoms with E-state index in [0.29, 0.717) is 24.9 Å². The summed E-state index contributed by atoms with van der Waals surface area (Å²) in [5.41, 5.74) is 7.54. The van der Waals surface area contributed by atoms with E-state index >= 15 is 0 Å². The summed E-state index contributed by atoms with van der Waals surface area (Å²) in [6, 6.07) is 9.76. The molecule has 2 heterocycles. The van der Waals surface area contributed by atoms with Crippen molar-refractivity contribution >= 4 is 5.96 Å². The van der Waals surface area contributed by atoms with Gasteiger partial charge in [0.1, 0.15) is 12.0 Å². The molecule has 0 radical (unpaired) electrons. The van der Waals surface area contributed by atoms with Crippen LogP contribution in [0.15, 0.2) is 46.0 Å². The third-order valence-electron chi connectivity index (χ3n) is 3.52. The summed E-state index contributed by atoms with van der Waals surface area (Å²) >= 11 is 0. The predicted molar refractivity (Wildman–Crippen MR) is 84.2 cm³/mol. The summed E-state index contributed by atoms with van der Waals surface area (Å²) in [6.45, 7) is 1.93. The van der Waals surface area contributed by atoms with Gasteiger partial charge < -0.3 is 20.2 Å². The van der Waals surface area contributed by atoms with Crippen LogP contribution in [0.1, 0.15) is 18.5 Å². The number of hydrogen-bond donors (Lipinski definition) is 2. The Morgan fingerprint density at radius 2 is 2.23 bits per heavy atom. The van der Waals surface area contributed by atoms with Crippen LogP contribution in [0, 0.1) is 0 Å². The molecule has 0 spiro atoms. The Morgan fingerprint density at radius 1 is 1.36 bits per heavy atom. The SMILES string of the molecule is NC(=NCc1coc(-c2ccccc2)n1)NCC1CCCO1. The molecule has 1 aliphatic heterocycles. The van der Waals surface area contributed by atoms with Crippen LogP contribution in [0.4, 0.5) is 0 Å². The van der Waals surface area contributed by atoms with Crippen LogP contribution < -0.4 is 11.1 Å². The van der Waals surface area contributed by atoms with Crippen molar-refractivity contribution in [2.75, 3.05) is 13.2 Å². The van der Waals surface area contributed by atoms with Gasteiger partial charge in [-0.25, -0.2) is 9.98 Å². The lowest BCUT2D eigenvalue weighted by Gasteiger charge is -2.10. The molecular formula is C16H20N4O2. The summed E-state index contributed by atoms with van der Waals surface area (Å²) in [7, 11) is 0. The average molecular weight is 300 g/mol. The molecule has 22 heavy (non-hydrogen) atoms. The van der Waals surface area contributed by atoms with Crippen LogP contribution in [0.3, 0.4) is 0 Å². The Labute approximate surface area is 129 Å². The van der Waals surface area contributed by atoms with Gasteiger partial charge in [-0.15, -0.1) is 0 Å². The van der Waals surface area contributed by atoms with Crippen LogP contribution in [0.25, 0.3) is 11.5 Å². The van der Waals surface area contributed by atoms with Gasteiger partial charge in [0.2, 0.25) is 5.89 Å². The van der Waals surface area contributed by atoms with E-state index in [1.54, 1.807) is 6.26 Å². The van der Waals surface area contributed by atoms with Crippen molar-refractivity contribution < 1.29 is 9.15 Å². The second-order valence-electron chi connectivity index (χ2n) is 5.23. The minimum atomic E-state index is 0.241. The lowest BCUT2D eigenvalue weighted by atomic mass is 10.2. The quantitative estimate of drug-likeness (QED) is 0.651. The standard InChI is InChI=1S/C16H20N4O2/c17-16(19-10-14-7-4-8-21-14)18-9-13-11-22-15(20-13)12-5-2-1-3-6-12/h1-3,5-6,11,14H,4,7-10H2,(H3,17,18,19). The highest BCUT2D eigenvalue weighted by atomic mass is 16.5. The van der Waals surface area contributed by atoms with Gasteiger partial charge in [-0.05, 0) is 25.0 Å². The molecule has 1 aliphatic rings. The zero-order valence-electron chi connectivity index (χ0n) is 12.4. The maximum absolute atomic E-state index is 5.84. The highest BCUT2D eigenvalue weighted by molar-refractivity contribution is 5.77. The second-order valence-corrected chi connectivity index (χ2v) is 5.23. The minimum absolute atomic E-state index is 0.241. The number of hydrogen-bond acceptors (Lipinski definition) is 4. The zero-order valence-corrected chi connectivity index (χ0v) is 12.4. The molecule has 1 atom stereocenters. The maximum Gasteiger partial charge on any atom is 0.226 e. The number of guanidine groups is 1. The third kappa shape index (κ3) is 3.85. The molecule has 116 valence electrons. The van der Waals surface area contributed by atoms with Crippen molar-refractivity contribution in [1.82, 2.24) is 10.3 Å². The van der Waals surface area contributed by atoms with E-state index in [0.717, 1.165) is 30.7 Å². The molecule has 1 saturated heterocycles. The van der Waals surface area contributed by atoms with Crippen LogP contribution in [0.5, 0.6) is 0 Å². The molecule has 0 saturated carbocycles. The summed E-state index contributed by atoms with van der Waals surface area (Å²) in [4.78, 5) is 8.68. The minimum Gasteiger partial charge on any atom is -0.444 e. The van der Waals surface area contributed by atoms with Gasteiger partial charge >= 0.3 is 0 Å². The first-order chi connectivity index (χ1) is 10.8. The van der Waals surface area contributed by atoms with Crippen molar-refractivity contribution in [3.8, 4) is 11.5 Å². The molecule has 1 aromatic carbocycles. The van der Waals surface area contributed by atoms with Crippen LogP contribution in [-0.2, 0) is 11.3 Å². The number of benzene rings is 1. The molecule has 0 amide bonds. The molecule has 3 rings (SSSR count). The monoisotopic (exact) mass is 300 g/mol. The van der Waals surface area contributed by atoms with Crippen LogP contribution in [0.2, 0.25) is 0 Å². The first-order valence-electron chi connectivity index (χ1n) is 7.46. The van der Waals surface area contributed by atoms with Crippen LogP contribution in [-0.4, -0.2) is 30.2 Å². The number of ether oxygens (including phenoxy) is 1. The Kier molecular flexibility index (Phi) is 4.70. The lowest BCUT2D eigenvalue weighted by Crippen LogP contribution is -2.37. The predicted octanol–water partition coefficient (Wildman–Crippen LogP) is 1.92. The van der Waals surface area contributed by atoms with E-state index in [2.05, 4.69) is 15.3 Å². The molecular weight excluding hydrogens is 280 g/mol.